The van der Waals surface area contributed by atoms with E-state index < -0.39 is 29.6 Å². The van der Waals surface area contributed by atoms with Gasteiger partial charge in [-0.3, -0.25) is 0 Å². The molecule has 12 heteroatoms. The molecule has 0 spiro atoms. The lowest BCUT2D eigenvalue weighted by atomic mass is 9.93. The molecule has 0 aliphatic carbocycles. The van der Waals surface area contributed by atoms with Crippen molar-refractivity contribution in [1.29, 1.82) is 0 Å². The molecule has 268 valence electrons. The lowest BCUT2D eigenvalue weighted by Crippen LogP contribution is -2.18. The van der Waals surface area contributed by atoms with E-state index in [1.807, 2.05) is 0 Å². The average Bonchev–Trinajstić information content (AvgIpc) is 3.05. The highest BCUT2D eigenvalue weighted by Crippen LogP contribution is 2.43. The maximum absolute atomic E-state index is 13.6. The van der Waals surface area contributed by atoms with Crippen LogP contribution in [0, 0.1) is 69.2 Å². The van der Waals surface area contributed by atoms with Gasteiger partial charge >= 0.3 is 23.9 Å². The highest BCUT2D eigenvalue weighted by atomic mass is 35.5. The maximum atomic E-state index is 13.6. The van der Waals surface area contributed by atoms with Gasteiger partial charge in [0.15, 0.2) is 5.75 Å². The SMILES string of the molecule is COc1cc(O)cc(C)c1C(=O)Oc1c(C)c(O)c(C(=O)Oc2cc(C)c(C(=O)Oc3c(C)c(C)c(C(=O)O)c(C)c3C)c(C)c2C)c(C)c1Cl. The minimum absolute atomic E-state index is 0.00378. The molecular weight excluding hydrogens is 680 g/mol. The third-order valence-corrected chi connectivity index (χ3v) is 9.82. The number of carboxylic acids is 1. The number of halogens is 1. The first kappa shape index (κ1) is 38.3. The van der Waals surface area contributed by atoms with Crippen LogP contribution in [0.25, 0.3) is 0 Å². The highest BCUT2D eigenvalue weighted by molar-refractivity contribution is 6.34. The summed E-state index contributed by atoms with van der Waals surface area (Å²) >= 11 is 6.61. The number of aryl methyl sites for hydroxylation is 2. The Hall–Kier alpha value is -5.55. The number of carbonyl (C=O) groups excluding carboxylic acids is 3. The Morgan fingerprint density at radius 1 is 0.529 bits per heavy atom. The van der Waals surface area contributed by atoms with Crippen LogP contribution in [0.15, 0.2) is 18.2 Å². The van der Waals surface area contributed by atoms with Gasteiger partial charge in [0, 0.05) is 11.6 Å². The van der Waals surface area contributed by atoms with Gasteiger partial charge in [0.25, 0.3) is 0 Å². The van der Waals surface area contributed by atoms with Crippen LogP contribution in [-0.2, 0) is 0 Å². The molecule has 51 heavy (non-hydrogen) atoms. The molecule has 11 nitrogen and oxygen atoms in total. The number of hydrogen-bond donors (Lipinski definition) is 3. The number of esters is 3. The maximum Gasteiger partial charge on any atom is 0.347 e. The predicted octanol–water partition coefficient (Wildman–Crippen LogP) is 8.20. The summed E-state index contributed by atoms with van der Waals surface area (Å²) in [5, 5.41) is 30.6. The van der Waals surface area contributed by atoms with Crippen LogP contribution in [0.3, 0.4) is 0 Å². The van der Waals surface area contributed by atoms with E-state index in [1.165, 1.54) is 39.2 Å². The first-order valence-corrected chi connectivity index (χ1v) is 16.1. The number of methoxy groups -OCH3 is 1. The number of aromatic carboxylic acids is 1. The fourth-order valence-electron chi connectivity index (χ4n) is 6.10. The second-order valence-corrected chi connectivity index (χ2v) is 12.8. The predicted molar refractivity (Wildman–Crippen MR) is 190 cm³/mol. The van der Waals surface area contributed by atoms with Crippen molar-refractivity contribution in [2.45, 2.75) is 69.2 Å². The quantitative estimate of drug-likeness (QED) is 0.119. The molecule has 0 saturated heterocycles. The topological polar surface area (TPSA) is 166 Å². The van der Waals surface area contributed by atoms with Crippen molar-refractivity contribution in [1.82, 2.24) is 0 Å². The molecular formula is C39H39ClO11. The molecule has 4 aromatic carbocycles. The molecule has 0 aliphatic rings. The van der Waals surface area contributed by atoms with E-state index in [0.717, 1.165) is 0 Å². The van der Waals surface area contributed by atoms with Crippen LogP contribution in [0.4, 0.5) is 0 Å². The van der Waals surface area contributed by atoms with Crippen molar-refractivity contribution >= 4 is 35.5 Å². The zero-order valence-corrected chi connectivity index (χ0v) is 31.0. The summed E-state index contributed by atoms with van der Waals surface area (Å²) in [5.41, 5.74) is 4.05. The van der Waals surface area contributed by atoms with E-state index in [-0.39, 0.29) is 67.2 Å². The molecule has 0 unspecified atom stereocenters. The second kappa shape index (κ2) is 14.4. The van der Waals surface area contributed by atoms with Crippen LogP contribution in [-0.4, -0.2) is 46.3 Å². The van der Waals surface area contributed by atoms with Gasteiger partial charge in [-0.15, -0.1) is 0 Å². The van der Waals surface area contributed by atoms with Crippen molar-refractivity contribution < 1.29 is 53.4 Å². The zero-order valence-electron chi connectivity index (χ0n) is 30.2. The van der Waals surface area contributed by atoms with Gasteiger partial charge in [-0.05, 0) is 131 Å². The summed E-state index contributed by atoms with van der Waals surface area (Å²) < 4.78 is 22.5. The van der Waals surface area contributed by atoms with Gasteiger partial charge in [0.05, 0.1) is 23.3 Å². The standard InChI is InChI=1S/C39H39ClO11/c1-15-12-25(41)14-27(48-11)29(15)38(46)51-35-24(10)33(42)31(23(9)32(35)40)39(47)49-26-13-16(2)28(18(4)17(26)3)37(45)50-34-21(7)19(5)30(36(43)44)20(6)22(34)8/h12-14,41-42H,1-11H3,(H,43,44). The van der Waals surface area contributed by atoms with Gasteiger partial charge in [0.1, 0.15) is 39.9 Å². The Labute approximate surface area is 300 Å². The zero-order chi connectivity index (χ0) is 38.4. The smallest absolute Gasteiger partial charge is 0.347 e. The molecule has 0 fully saturated rings. The molecule has 0 radical (unpaired) electrons. The van der Waals surface area contributed by atoms with Crippen LogP contribution < -0.4 is 18.9 Å². The van der Waals surface area contributed by atoms with Gasteiger partial charge < -0.3 is 34.3 Å². The summed E-state index contributed by atoms with van der Waals surface area (Å²) in [6.45, 7) is 16.2. The molecule has 0 amide bonds. The number of carboxylic acid groups (broad SMARTS) is 1. The van der Waals surface area contributed by atoms with Crippen LogP contribution in [0.5, 0.6) is 34.5 Å². The van der Waals surface area contributed by atoms with Gasteiger partial charge in [-0.25, -0.2) is 19.2 Å². The molecule has 3 N–H and O–H groups in total. The number of phenolic OH excluding ortho intramolecular Hbond substituents is 2. The second-order valence-electron chi connectivity index (χ2n) is 12.5. The molecule has 4 rings (SSSR count). The molecule has 0 heterocycles. The largest absolute Gasteiger partial charge is 0.508 e. The Balaban J connectivity index is 1.66. The van der Waals surface area contributed by atoms with Crippen molar-refractivity contribution in [2.75, 3.05) is 7.11 Å². The van der Waals surface area contributed by atoms with Gasteiger partial charge in [-0.2, -0.15) is 0 Å². The third kappa shape index (κ3) is 6.81. The van der Waals surface area contributed by atoms with Crippen LogP contribution in [0.2, 0.25) is 5.02 Å². The molecule has 0 aromatic heterocycles. The van der Waals surface area contributed by atoms with Gasteiger partial charge in [0.2, 0.25) is 0 Å². The fourth-order valence-corrected chi connectivity index (χ4v) is 6.38. The molecule has 4 aromatic rings. The molecule has 0 atom stereocenters. The number of phenols is 2. The molecule has 0 bridgehead atoms. The summed E-state index contributed by atoms with van der Waals surface area (Å²) in [6.07, 6.45) is 0. The minimum Gasteiger partial charge on any atom is -0.508 e. The lowest BCUT2D eigenvalue weighted by molar-refractivity contribution is 0.0689. The average molecular weight is 719 g/mol. The Morgan fingerprint density at radius 2 is 1.02 bits per heavy atom. The van der Waals surface area contributed by atoms with E-state index in [0.29, 0.717) is 44.5 Å². The van der Waals surface area contributed by atoms with Crippen molar-refractivity contribution in [2.24, 2.45) is 0 Å². The molecule has 0 saturated carbocycles. The Morgan fingerprint density at radius 3 is 1.57 bits per heavy atom. The first-order valence-electron chi connectivity index (χ1n) is 15.7. The number of rotatable bonds is 8. The van der Waals surface area contributed by atoms with E-state index in [9.17, 15) is 34.5 Å². The number of hydrogen-bond acceptors (Lipinski definition) is 10. The van der Waals surface area contributed by atoms with Crippen molar-refractivity contribution in [3.05, 3.63) is 101 Å². The van der Waals surface area contributed by atoms with Crippen molar-refractivity contribution in [3.63, 3.8) is 0 Å². The number of benzene rings is 4. The van der Waals surface area contributed by atoms with E-state index in [4.69, 9.17) is 30.5 Å². The van der Waals surface area contributed by atoms with Crippen LogP contribution in [0.1, 0.15) is 97.1 Å². The Kier molecular flexibility index (Phi) is 10.8. The summed E-state index contributed by atoms with van der Waals surface area (Å²) in [6, 6.07) is 4.12. The number of ether oxygens (including phenoxy) is 4. The van der Waals surface area contributed by atoms with Crippen molar-refractivity contribution in [3.8, 4) is 34.5 Å². The summed E-state index contributed by atoms with van der Waals surface area (Å²) in [5.74, 6) is -3.89. The van der Waals surface area contributed by atoms with E-state index >= 15 is 0 Å². The lowest BCUT2D eigenvalue weighted by Gasteiger charge is -2.20. The third-order valence-electron chi connectivity index (χ3n) is 9.36. The summed E-state index contributed by atoms with van der Waals surface area (Å²) in [7, 11) is 1.33. The highest BCUT2D eigenvalue weighted by Gasteiger charge is 2.30. The first-order chi connectivity index (χ1) is 23.7. The number of aromatic hydroxyl groups is 2. The molecule has 0 aliphatic heterocycles. The minimum atomic E-state index is -1.07. The normalized spacial score (nSPS) is 10.9. The van der Waals surface area contributed by atoms with E-state index in [2.05, 4.69) is 0 Å². The van der Waals surface area contributed by atoms with E-state index in [1.54, 1.807) is 55.4 Å². The Bertz CT molecular complexity index is 2120. The fraction of sp³-hybridized carbons (Fsp3) is 0.282. The summed E-state index contributed by atoms with van der Waals surface area (Å²) in [4.78, 5) is 52.3. The number of carbonyl (C=O) groups is 4. The monoisotopic (exact) mass is 718 g/mol. The van der Waals surface area contributed by atoms with Gasteiger partial charge in [-0.1, -0.05) is 11.6 Å². The van der Waals surface area contributed by atoms with Crippen LogP contribution >= 0.6 is 11.6 Å².